The highest BCUT2D eigenvalue weighted by molar-refractivity contribution is 6.32. The number of terminal acetylenes is 1. The Bertz CT molecular complexity index is 526. The first kappa shape index (κ1) is 12.0. The van der Waals surface area contributed by atoms with Gasteiger partial charge in [0.1, 0.15) is 12.2 Å². The van der Waals surface area contributed by atoms with Gasteiger partial charge in [0.15, 0.2) is 0 Å². The Hall–Kier alpha value is -1.47. The SMILES string of the molecule is C#CCn1ncc(Cl)c(NCC2(C)CC2)c1=O. The van der Waals surface area contributed by atoms with Crippen molar-refractivity contribution in [3.05, 3.63) is 21.6 Å². The van der Waals surface area contributed by atoms with Crippen molar-refractivity contribution >= 4 is 17.3 Å². The van der Waals surface area contributed by atoms with E-state index in [-0.39, 0.29) is 12.1 Å². The Labute approximate surface area is 105 Å². The van der Waals surface area contributed by atoms with Crippen molar-refractivity contribution in [1.29, 1.82) is 0 Å². The van der Waals surface area contributed by atoms with E-state index < -0.39 is 0 Å². The fraction of sp³-hybridized carbons (Fsp3) is 0.500. The predicted molar refractivity (Wildman–Crippen MR) is 68.2 cm³/mol. The number of anilines is 1. The number of halogens is 1. The van der Waals surface area contributed by atoms with Gasteiger partial charge in [0.25, 0.3) is 5.56 Å². The van der Waals surface area contributed by atoms with Gasteiger partial charge in [0.05, 0.1) is 11.2 Å². The van der Waals surface area contributed by atoms with Gasteiger partial charge < -0.3 is 5.32 Å². The second-order valence-corrected chi connectivity index (χ2v) is 5.11. The standard InChI is InChI=1S/C12H14ClN3O/c1-3-6-16-11(17)10(9(13)7-15-16)14-8-12(2)4-5-12/h1,7,14H,4-6,8H2,2H3. The van der Waals surface area contributed by atoms with Crippen molar-refractivity contribution in [2.45, 2.75) is 26.3 Å². The molecular weight excluding hydrogens is 238 g/mol. The molecule has 0 amide bonds. The summed E-state index contributed by atoms with van der Waals surface area (Å²) in [4.78, 5) is 12.0. The molecule has 0 aromatic carbocycles. The third-order valence-electron chi connectivity index (χ3n) is 3.03. The molecule has 1 fully saturated rings. The molecule has 5 heteroatoms. The molecule has 0 aliphatic heterocycles. The molecule has 1 aromatic rings. The molecule has 1 aromatic heterocycles. The molecule has 0 unspecified atom stereocenters. The molecule has 1 heterocycles. The van der Waals surface area contributed by atoms with Gasteiger partial charge in [-0.15, -0.1) is 6.42 Å². The summed E-state index contributed by atoms with van der Waals surface area (Å²) in [6.07, 6.45) is 8.97. The zero-order valence-corrected chi connectivity index (χ0v) is 10.4. The largest absolute Gasteiger partial charge is 0.379 e. The summed E-state index contributed by atoms with van der Waals surface area (Å²) in [5.74, 6) is 2.39. The highest BCUT2D eigenvalue weighted by Gasteiger charge is 2.37. The monoisotopic (exact) mass is 251 g/mol. The lowest BCUT2D eigenvalue weighted by atomic mass is 10.1. The van der Waals surface area contributed by atoms with E-state index >= 15 is 0 Å². The fourth-order valence-electron chi connectivity index (χ4n) is 1.52. The molecule has 17 heavy (non-hydrogen) atoms. The van der Waals surface area contributed by atoms with Crippen molar-refractivity contribution in [3.8, 4) is 12.3 Å². The summed E-state index contributed by atoms with van der Waals surface area (Å²) < 4.78 is 1.23. The minimum Gasteiger partial charge on any atom is -0.379 e. The highest BCUT2D eigenvalue weighted by Crippen LogP contribution is 2.44. The number of nitrogens with zero attached hydrogens (tertiary/aromatic N) is 2. The lowest BCUT2D eigenvalue weighted by Crippen LogP contribution is -2.27. The van der Waals surface area contributed by atoms with Crippen molar-refractivity contribution < 1.29 is 0 Å². The number of rotatable bonds is 4. The summed E-state index contributed by atoms with van der Waals surface area (Å²) in [7, 11) is 0. The first-order chi connectivity index (χ1) is 8.06. The molecule has 1 N–H and O–H groups in total. The van der Waals surface area contributed by atoms with E-state index in [0.29, 0.717) is 16.1 Å². The Kier molecular flexibility index (Phi) is 3.12. The molecule has 1 saturated carbocycles. The zero-order chi connectivity index (χ0) is 12.5. The molecule has 0 atom stereocenters. The number of aromatic nitrogens is 2. The Balaban J connectivity index is 2.22. The van der Waals surface area contributed by atoms with Crippen LogP contribution in [0.4, 0.5) is 5.69 Å². The van der Waals surface area contributed by atoms with E-state index in [4.69, 9.17) is 18.0 Å². The quantitative estimate of drug-likeness (QED) is 0.830. The molecule has 1 aliphatic carbocycles. The Morgan fingerprint density at radius 1 is 1.71 bits per heavy atom. The van der Waals surface area contributed by atoms with Crippen molar-refractivity contribution in [3.63, 3.8) is 0 Å². The van der Waals surface area contributed by atoms with Gasteiger partial charge in [0, 0.05) is 6.54 Å². The second-order valence-electron chi connectivity index (χ2n) is 4.70. The minimum absolute atomic E-state index is 0.155. The Morgan fingerprint density at radius 2 is 2.41 bits per heavy atom. The lowest BCUT2D eigenvalue weighted by Gasteiger charge is -2.12. The number of nitrogens with one attached hydrogen (secondary N) is 1. The van der Waals surface area contributed by atoms with Crippen LogP contribution in [-0.2, 0) is 6.54 Å². The van der Waals surface area contributed by atoms with Crippen LogP contribution in [0.2, 0.25) is 5.02 Å². The van der Waals surface area contributed by atoms with Crippen LogP contribution >= 0.6 is 11.6 Å². The maximum atomic E-state index is 12.0. The van der Waals surface area contributed by atoms with Crippen LogP contribution in [-0.4, -0.2) is 16.3 Å². The molecule has 0 spiro atoms. The third kappa shape index (κ3) is 2.62. The van der Waals surface area contributed by atoms with Crippen LogP contribution in [0.3, 0.4) is 0 Å². The van der Waals surface area contributed by atoms with Crippen LogP contribution in [0, 0.1) is 17.8 Å². The van der Waals surface area contributed by atoms with E-state index in [1.54, 1.807) is 0 Å². The fourth-order valence-corrected chi connectivity index (χ4v) is 1.71. The van der Waals surface area contributed by atoms with Crippen molar-refractivity contribution in [1.82, 2.24) is 9.78 Å². The third-order valence-corrected chi connectivity index (χ3v) is 3.32. The van der Waals surface area contributed by atoms with E-state index in [1.165, 1.54) is 23.7 Å². The number of hydrogen-bond donors (Lipinski definition) is 1. The number of hydrogen-bond acceptors (Lipinski definition) is 3. The van der Waals surface area contributed by atoms with Crippen LogP contribution in [0.15, 0.2) is 11.0 Å². The second kappa shape index (κ2) is 4.42. The summed E-state index contributed by atoms with van der Waals surface area (Å²) in [5, 5.41) is 7.33. The first-order valence-electron chi connectivity index (χ1n) is 5.49. The molecule has 90 valence electrons. The van der Waals surface area contributed by atoms with Gasteiger partial charge in [-0.3, -0.25) is 4.79 Å². The predicted octanol–water partition coefficient (Wildman–Crippen LogP) is 1.74. The molecule has 0 bridgehead atoms. The lowest BCUT2D eigenvalue weighted by molar-refractivity contribution is 0.606. The van der Waals surface area contributed by atoms with Crippen molar-refractivity contribution in [2.75, 3.05) is 11.9 Å². The molecule has 0 saturated heterocycles. The summed E-state index contributed by atoms with van der Waals surface area (Å²) in [5.41, 5.74) is 0.431. The maximum Gasteiger partial charge on any atom is 0.292 e. The normalized spacial score (nSPS) is 16.3. The molecular formula is C12H14ClN3O. The van der Waals surface area contributed by atoms with Crippen LogP contribution in [0.1, 0.15) is 19.8 Å². The van der Waals surface area contributed by atoms with Crippen LogP contribution < -0.4 is 10.9 Å². The molecule has 4 nitrogen and oxygen atoms in total. The van der Waals surface area contributed by atoms with Gasteiger partial charge in [-0.25, -0.2) is 4.68 Å². The van der Waals surface area contributed by atoms with E-state index in [2.05, 4.69) is 23.3 Å². The summed E-state index contributed by atoms with van der Waals surface area (Å²) >= 11 is 5.96. The molecule has 1 aliphatic rings. The van der Waals surface area contributed by atoms with Crippen molar-refractivity contribution in [2.24, 2.45) is 5.41 Å². The highest BCUT2D eigenvalue weighted by atomic mass is 35.5. The van der Waals surface area contributed by atoms with Crippen LogP contribution in [0.5, 0.6) is 0 Å². The van der Waals surface area contributed by atoms with Crippen LogP contribution in [0.25, 0.3) is 0 Å². The van der Waals surface area contributed by atoms with Gasteiger partial charge in [-0.1, -0.05) is 24.4 Å². The van der Waals surface area contributed by atoms with Gasteiger partial charge in [-0.05, 0) is 18.3 Å². The zero-order valence-electron chi connectivity index (χ0n) is 9.66. The average molecular weight is 252 g/mol. The first-order valence-corrected chi connectivity index (χ1v) is 5.86. The minimum atomic E-state index is -0.264. The smallest absolute Gasteiger partial charge is 0.292 e. The summed E-state index contributed by atoms with van der Waals surface area (Å²) in [6.45, 7) is 3.08. The van der Waals surface area contributed by atoms with Gasteiger partial charge in [0.2, 0.25) is 0 Å². The van der Waals surface area contributed by atoms with Gasteiger partial charge in [-0.2, -0.15) is 5.10 Å². The topological polar surface area (TPSA) is 46.9 Å². The van der Waals surface area contributed by atoms with E-state index in [0.717, 1.165) is 6.54 Å². The van der Waals surface area contributed by atoms with E-state index in [1.807, 2.05) is 0 Å². The summed E-state index contributed by atoms with van der Waals surface area (Å²) in [6, 6.07) is 0. The molecule has 2 rings (SSSR count). The molecule has 0 radical (unpaired) electrons. The Morgan fingerprint density at radius 3 is 3.00 bits per heavy atom. The maximum absolute atomic E-state index is 12.0. The van der Waals surface area contributed by atoms with E-state index in [9.17, 15) is 4.79 Å². The average Bonchev–Trinajstić information content (AvgIpc) is 3.01. The van der Waals surface area contributed by atoms with Gasteiger partial charge >= 0.3 is 0 Å².